The molecule has 1 amide bonds. The van der Waals surface area contributed by atoms with E-state index in [2.05, 4.69) is 5.32 Å². The van der Waals surface area contributed by atoms with Crippen LogP contribution < -0.4 is 10.1 Å². The minimum absolute atomic E-state index is 0.0603. The van der Waals surface area contributed by atoms with Crippen molar-refractivity contribution in [2.45, 2.75) is 24.3 Å². The highest BCUT2D eigenvalue weighted by atomic mass is 35.7. The number of rotatable bonds is 7. The molecule has 0 saturated carbocycles. The molecule has 1 N–H and O–H groups in total. The van der Waals surface area contributed by atoms with Crippen LogP contribution >= 0.6 is 22.4 Å². The molecule has 0 heterocycles. The van der Waals surface area contributed by atoms with Gasteiger partial charge >= 0.3 is 0 Å². The standard InChI is InChI=1S/C13H18ClNO4S2/c1-9(16)15-11(8-20-3)6-10-4-5-12(19-2)13(7-10)21(14,17)18/h4-5,7,11H,6,8H2,1-3H3,(H,15,16). The molecule has 0 aliphatic heterocycles. The molecule has 1 rings (SSSR count). The second kappa shape index (κ2) is 7.91. The van der Waals surface area contributed by atoms with E-state index in [1.54, 1.807) is 23.9 Å². The van der Waals surface area contributed by atoms with Gasteiger partial charge in [0.25, 0.3) is 9.05 Å². The van der Waals surface area contributed by atoms with E-state index in [1.807, 2.05) is 6.26 Å². The van der Waals surface area contributed by atoms with Crippen molar-refractivity contribution >= 4 is 37.4 Å². The van der Waals surface area contributed by atoms with Gasteiger partial charge in [0.1, 0.15) is 10.6 Å². The molecule has 1 aromatic rings. The van der Waals surface area contributed by atoms with Gasteiger partial charge in [0.05, 0.1) is 7.11 Å². The third-order valence-electron chi connectivity index (χ3n) is 2.75. The lowest BCUT2D eigenvalue weighted by Crippen LogP contribution is -2.36. The minimum atomic E-state index is -3.88. The molecule has 0 bridgehead atoms. The number of halogens is 1. The largest absolute Gasteiger partial charge is 0.495 e. The first-order valence-corrected chi connectivity index (χ1v) is 9.86. The Kier molecular flexibility index (Phi) is 6.83. The summed E-state index contributed by atoms with van der Waals surface area (Å²) >= 11 is 1.60. The van der Waals surface area contributed by atoms with Gasteiger partial charge in [-0.05, 0) is 30.4 Å². The minimum Gasteiger partial charge on any atom is -0.495 e. The molecule has 0 spiro atoms. The zero-order valence-electron chi connectivity index (χ0n) is 12.1. The van der Waals surface area contributed by atoms with E-state index in [-0.39, 0.29) is 22.6 Å². The van der Waals surface area contributed by atoms with Crippen molar-refractivity contribution in [1.29, 1.82) is 0 Å². The van der Waals surface area contributed by atoms with Crippen molar-refractivity contribution in [3.8, 4) is 5.75 Å². The van der Waals surface area contributed by atoms with Crippen LogP contribution in [0.4, 0.5) is 0 Å². The Labute approximate surface area is 133 Å². The van der Waals surface area contributed by atoms with Crippen molar-refractivity contribution < 1.29 is 17.9 Å². The Morgan fingerprint density at radius 1 is 1.48 bits per heavy atom. The maximum atomic E-state index is 11.6. The van der Waals surface area contributed by atoms with E-state index >= 15 is 0 Å². The summed E-state index contributed by atoms with van der Waals surface area (Å²) in [6.07, 6.45) is 2.46. The van der Waals surface area contributed by atoms with Crippen LogP contribution in [0.2, 0.25) is 0 Å². The maximum absolute atomic E-state index is 11.6. The lowest BCUT2D eigenvalue weighted by Gasteiger charge is -2.17. The molecule has 21 heavy (non-hydrogen) atoms. The number of hydrogen-bond donors (Lipinski definition) is 1. The topological polar surface area (TPSA) is 72.5 Å². The average molecular weight is 352 g/mol. The average Bonchev–Trinajstić information content (AvgIpc) is 2.37. The van der Waals surface area contributed by atoms with Gasteiger partial charge in [0.15, 0.2) is 0 Å². The number of amides is 1. The van der Waals surface area contributed by atoms with Gasteiger partial charge in [-0.3, -0.25) is 4.79 Å². The Morgan fingerprint density at radius 3 is 2.62 bits per heavy atom. The molecule has 0 aliphatic rings. The van der Waals surface area contributed by atoms with Crippen LogP contribution in [0.3, 0.4) is 0 Å². The summed E-state index contributed by atoms with van der Waals surface area (Å²) in [6.45, 7) is 1.45. The zero-order valence-corrected chi connectivity index (χ0v) is 14.4. The molecule has 1 unspecified atom stereocenters. The molecule has 1 atom stereocenters. The predicted molar refractivity (Wildman–Crippen MR) is 85.7 cm³/mol. The van der Waals surface area contributed by atoms with Gasteiger partial charge in [-0.2, -0.15) is 11.8 Å². The Morgan fingerprint density at radius 2 is 2.14 bits per heavy atom. The molecule has 8 heteroatoms. The molecule has 0 saturated heterocycles. The lowest BCUT2D eigenvalue weighted by molar-refractivity contribution is -0.119. The van der Waals surface area contributed by atoms with E-state index in [9.17, 15) is 13.2 Å². The Bertz CT molecular complexity index is 604. The summed E-state index contributed by atoms with van der Waals surface area (Å²) in [6, 6.07) is 4.74. The molecule has 0 fully saturated rings. The summed E-state index contributed by atoms with van der Waals surface area (Å²) in [7, 11) is 2.91. The van der Waals surface area contributed by atoms with Crippen molar-refractivity contribution in [2.24, 2.45) is 0 Å². The van der Waals surface area contributed by atoms with Crippen LogP contribution in [0, 0.1) is 0 Å². The van der Waals surface area contributed by atoms with Crippen LogP contribution in [0.25, 0.3) is 0 Å². The van der Waals surface area contributed by atoms with E-state index in [0.29, 0.717) is 6.42 Å². The molecule has 118 valence electrons. The molecule has 5 nitrogen and oxygen atoms in total. The first-order chi connectivity index (χ1) is 9.77. The summed E-state index contributed by atoms with van der Waals surface area (Å²) in [5.74, 6) is 0.816. The van der Waals surface area contributed by atoms with Gasteiger partial charge in [-0.15, -0.1) is 0 Å². The number of methoxy groups -OCH3 is 1. The number of hydrogen-bond acceptors (Lipinski definition) is 5. The van der Waals surface area contributed by atoms with Gasteiger partial charge in [-0.1, -0.05) is 6.07 Å². The second-order valence-corrected chi connectivity index (χ2v) is 7.93. The smallest absolute Gasteiger partial charge is 0.264 e. The fraction of sp³-hybridized carbons (Fsp3) is 0.462. The molecule has 1 aromatic carbocycles. The fourth-order valence-corrected chi connectivity index (χ4v) is 3.61. The number of benzene rings is 1. The summed E-state index contributed by atoms with van der Waals surface area (Å²) in [5.41, 5.74) is 0.767. The van der Waals surface area contributed by atoms with Crippen LogP contribution in [-0.2, 0) is 20.3 Å². The maximum Gasteiger partial charge on any atom is 0.264 e. The molecular weight excluding hydrogens is 334 g/mol. The van der Waals surface area contributed by atoms with E-state index in [1.165, 1.54) is 20.1 Å². The van der Waals surface area contributed by atoms with Crippen molar-refractivity contribution in [2.75, 3.05) is 19.1 Å². The SMILES string of the molecule is COc1ccc(CC(CSC)NC(C)=O)cc1S(=O)(=O)Cl. The Hall–Kier alpha value is -0.920. The quantitative estimate of drug-likeness (QED) is 0.761. The van der Waals surface area contributed by atoms with Crippen LogP contribution in [0.15, 0.2) is 23.1 Å². The molecular formula is C13H18ClNO4S2. The van der Waals surface area contributed by atoms with Gasteiger partial charge in [0, 0.05) is 29.4 Å². The van der Waals surface area contributed by atoms with Crippen LogP contribution in [-0.4, -0.2) is 39.5 Å². The third-order valence-corrected chi connectivity index (χ3v) is 4.83. The third kappa shape index (κ3) is 5.76. The predicted octanol–water partition coefficient (Wildman–Crippen LogP) is 2.03. The fourth-order valence-electron chi connectivity index (χ4n) is 1.96. The molecule has 0 aromatic heterocycles. The summed E-state index contributed by atoms with van der Waals surface area (Å²) < 4.78 is 28.1. The highest BCUT2D eigenvalue weighted by molar-refractivity contribution is 8.13. The summed E-state index contributed by atoms with van der Waals surface area (Å²) in [4.78, 5) is 11.1. The van der Waals surface area contributed by atoms with E-state index in [4.69, 9.17) is 15.4 Å². The van der Waals surface area contributed by atoms with Gasteiger partial charge < -0.3 is 10.1 Å². The van der Waals surface area contributed by atoms with Crippen LogP contribution in [0.1, 0.15) is 12.5 Å². The molecule has 0 radical (unpaired) electrons. The number of carbonyl (C=O) groups is 1. The van der Waals surface area contributed by atoms with Crippen molar-refractivity contribution in [3.05, 3.63) is 23.8 Å². The first-order valence-electron chi connectivity index (χ1n) is 6.15. The van der Waals surface area contributed by atoms with Gasteiger partial charge in [0.2, 0.25) is 5.91 Å². The van der Waals surface area contributed by atoms with Crippen molar-refractivity contribution in [1.82, 2.24) is 5.32 Å². The lowest BCUT2D eigenvalue weighted by atomic mass is 10.1. The number of thioether (sulfide) groups is 1. The van der Waals surface area contributed by atoms with Crippen molar-refractivity contribution in [3.63, 3.8) is 0 Å². The second-order valence-electron chi connectivity index (χ2n) is 4.48. The van der Waals surface area contributed by atoms with E-state index < -0.39 is 9.05 Å². The highest BCUT2D eigenvalue weighted by Gasteiger charge is 2.19. The molecule has 0 aliphatic carbocycles. The van der Waals surface area contributed by atoms with Crippen LogP contribution in [0.5, 0.6) is 5.75 Å². The van der Waals surface area contributed by atoms with Gasteiger partial charge in [-0.25, -0.2) is 8.42 Å². The number of carbonyl (C=O) groups excluding carboxylic acids is 1. The van der Waals surface area contributed by atoms with E-state index in [0.717, 1.165) is 11.3 Å². The first kappa shape index (κ1) is 18.1. The number of nitrogens with one attached hydrogen (secondary N) is 1. The normalized spacial score (nSPS) is 12.8. The zero-order chi connectivity index (χ0) is 16.0. The number of ether oxygens (including phenoxy) is 1. The highest BCUT2D eigenvalue weighted by Crippen LogP contribution is 2.28. The Balaban J connectivity index is 3.05. The monoisotopic (exact) mass is 351 g/mol. The summed E-state index contributed by atoms with van der Waals surface area (Å²) in [5, 5.41) is 2.84.